The van der Waals surface area contributed by atoms with Crippen LogP contribution in [-0.4, -0.2) is 29.3 Å². The summed E-state index contributed by atoms with van der Waals surface area (Å²) in [4.78, 5) is 2.18. The van der Waals surface area contributed by atoms with E-state index in [0.29, 0.717) is 6.04 Å². The quantitative estimate of drug-likeness (QED) is 0.748. The molecule has 1 saturated carbocycles. The van der Waals surface area contributed by atoms with Crippen molar-refractivity contribution in [1.29, 1.82) is 0 Å². The number of hydrogen-bond donors (Lipinski definition) is 1. The van der Waals surface area contributed by atoms with Crippen molar-refractivity contribution < 1.29 is 5.11 Å². The zero-order chi connectivity index (χ0) is 12.1. The summed E-state index contributed by atoms with van der Waals surface area (Å²) in [7, 11) is 2.08. The van der Waals surface area contributed by atoms with Gasteiger partial charge in [-0.25, -0.2) is 0 Å². The van der Waals surface area contributed by atoms with Crippen LogP contribution in [-0.2, 0) is 0 Å². The third kappa shape index (κ3) is 3.74. The van der Waals surface area contributed by atoms with Gasteiger partial charge in [-0.3, -0.25) is 4.90 Å². The number of rotatable bonds is 3. The molecule has 1 fully saturated rings. The second kappa shape index (κ2) is 6.61. The van der Waals surface area contributed by atoms with Crippen molar-refractivity contribution >= 4 is 0 Å². The Morgan fingerprint density at radius 3 is 2.06 bits per heavy atom. The smallest absolute Gasteiger partial charge is 0.104 e. The van der Waals surface area contributed by atoms with Crippen LogP contribution in [0, 0.1) is 11.8 Å². The molecule has 0 saturated heterocycles. The van der Waals surface area contributed by atoms with Gasteiger partial charge in [0, 0.05) is 6.04 Å². The summed E-state index contributed by atoms with van der Waals surface area (Å²) < 4.78 is 0. The van der Waals surface area contributed by atoms with Crippen LogP contribution in [0.15, 0.2) is 0 Å². The monoisotopic (exact) mass is 227 g/mol. The molecule has 1 aliphatic rings. The lowest BCUT2D eigenvalue weighted by Crippen LogP contribution is -2.45. The van der Waals surface area contributed by atoms with E-state index < -0.39 is 0 Å². The summed E-state index contributed by atoms with van der Waals surface area (Å²) in [5, 5.41) is 9.76. The van der Waals surface area contributed by atoms with E-state index in [9.17, 15) is 5.11 Å². The minimum atomic E-state index is -0.314. The Morgan fingerprint density at radius 1 is 1.00 bits per heavy atom. The molecule has 1 N–H and O–H groups in total. The molecule has 0 spiro atoms. The highest BCUT2D eigenvalue weighted by Crippen LogP contribution is 2.31. The van der Waals surface area contributed by atoms with E-state index in [0.717, 1.165) is 11.8 Å². The van der Waals surface area contributed by atoms with Gasteiger partial charge in [0.1, 0.15) is 6.23 Å². The molecule has 96 valence electrons. The van der Waals surface area contributed by atoms with Crippen LogP contribution in [0.4, 0.5) is 0 Å². The number of nitrogens with zero attached hydrogens (tertiary/aromatic N) is 1. The maximum absolute atomic E-state index is 9.76. The van der Waals surface area contributed by atoms with Gasteiger partial charge in [0.15, 0.2) is 0 Å². The Bertz CT molecular complexity index is 191. The predicted octanol–water partition coefficient (Wildman–Crippen LogP) is 3.25. The largest absolute Gasteiger partial charge is 0.379 e. The fraction of sp³-hybridized carbons (Fsp3) is 1.00. The van der Waals surface area contributed by atoms with Gasteiger partial charge < -0.3 is 5.11 Å². The van der Waals surface area contributed by atoms with Crippen LogP contribution in [0.1, 0.15) is 59.3 Å². The van der Waals surface area contributed by atoms with Crippen molar-refractivity contribution in [1.82, 2.24) is 4.90 Å². The van der Waals surface area contributed by atoms with Crippen molar-refractivity contribution in [2.75, 3.05) is 7.05 Å². The molecule has 0 aromatic carbocycles. The third-order valence-corrected chi connectivity index (χ3v) is 4.25. The summed E-state index contributed by atoms with van der Waals surface area (Å²) >= 11 is 0. The zero-order valence-electron chi connectivity index (χ0n) is 11.4. The van der Waals surface area contributed by atoms with Crippen LogP contribution in [0.3, 0.4) is 0 Å². The Hall–Kier alpha value is -0.0800. The molecule has 0 heterocycles. The van der Waals surface area contributed by atoms with Crippen molar-refractivity contribution in [3.63, 3.8) is 0 Å². The third-order valence-electron chi connectivity index (χ3n) is 4.25. The summed E-state index contributed by atoms with van der Waals surface area (Å²) in [6, 6.07) is 0.570. The standard InChI is InChI=1S/C14H29NO/c1-11(2)13-9-7-5-6-8-10-14(13)15(4)12(3)16/h11-14,16H,5-10H2,1-4H3. The highest BCUT2D eigenvalue weighted by Gasteiger charge is 2.29. The minimum absolute atomic E-state index is 0.314. The van der Waals surface area contributed by atoms with Gasteiger partial charge >= 0.3 is 0 Å². The predicted molar refractivity (Wildman–Crippen MR) is 69.3 cm³/mol. The maximum atomic E-state index is 9.76. The molecule has 16 heavy (non-hydrogen) atoms. The summed E-state index contributed by atoms with van der Waals surface area (Å²) in [5.41, 5.74) is 0. The molecular weight excluding hydrogens is 198 g/mol. The first-order chi connectivity index (χ1) is 7.54. The van der Waals surface area contributed by atoms with Crippen LogP contribution >= 0.6 is 0 Å². The number of aliphatic hydroxyl groups excluding tert-OH is 1. The van der Waals surface area contributed by atoms with Crippen LogP contribution in [0.2, 0.25) is 0 Å². The fourth-order valence-corrected chi connectivity index (χ4v) is 3.05. The molecule has 2 heteroatoms. The fourth-order valence-electron chi connectivity index (χ4n) is 3.05. The van der Waals surface area contributed by atoms with E-state index in [2.05, 4.69) is 25.8 Å². The summed E-state index contributed by atoms with van der Waals surface area (Å²) in [6.45, 7) is 6.54. The zero-order valence-corrected chi connectivity index (χ0v) is 11.4. The molecule has 0 amide bonds. The van der Waals surface area contributed by atoms with Crippen molar-refractivity contribution in [2.24, 2.45) is 11.8 Å². The lowest BCUT2D eigenvalue weighted by atomic mass is 9.79. The highest BCUT2D eigenvalue weighted by molar-refractivity contribution is 4.82. The van der Waals surface area contributed by atoms with E-state index in [4.69, 9.17) is 0 Å². The Labute approximate surface area is 101 Å². The van der Waals surface area contributed by atoms with E-state index in [1.165, 1.54) is 38.5 Å². The molecular formula is C14H29NO. The molecule has 3 unspecified atom stereocenters. The van der Waals surface area contributed by atoms with Gasteiger partial charge in [0.25, 0.3) is 0 Å². The van der Waals surface area contributed by atoms with Gasteiger partial charge in [-0.2, -0.15) is 0 Å². The van der Waals surface area contributed by atoms with E-state index >= 15 is 0 Å². The van der Waals surface area contributed by atoms with Crippen LogP contribution in [0.5, 0.6) is 0 Å². The molecule has 1 rings (SSSR count). The van der Waals surface area contributed by atoms with Gasteiger partial charge in [0.05, 0.1) is 0 Å². The van der Waals surface area contributed by atoms with Gasteiger partial charge in [-0.1, -0.05) is 39.5 Å². The first-order valence-electron chi connectivity index (χ1n) is 6.94. The summed E-state index contributed by atoms with van der Waals surface area (Å²) in [5.74, 6) is 1.48. The number of hydrogen-bond acceptors (Lipinski definition) is 2. The first-order valence-corrected chi connectivity index (χ1v) is 6.94. The maximum Gasteiger partial charge on any atom is 0.104 e. The lowest BCUT2D eigenvalue weighted by molar-refractivity contribution is -0.0239. The van der Waals surface area contributed by atoms with Gasteiger partial charge in [-0.05, 0) is 38.6 Å². The molecule has 1 aliphatic carbocycles. The van der Waals surface area contributed by atoms with Crippen molar-refractivity contribution in [3.05, 3.63) is 0 Å². The normalized spacial score (nSPS) is 30.2. The Balaban J connectivity index is 2.70. The molecule has 2 nitrogen and oxygen atoms in total. The minimum Gasteiger partial charge on any atom is -0.379 e. The lowest BCUT2D eigenvalue weighted by Gasteiger charge is -2.39. The molecule has 0 aromatic heterocycles. The van der Waals surface area contributed by atoms with Crippen LogP contribution in [0.25, 0.3) is 0 Å². The van der Waals surface area contributed by atoms with E-state index in [-0.39, 0.29) is 6.23 Å². The molecule has 0 radical (unpaired) electrons. The summed E-state index contributed by atoms with van der Waals surface area (Å²) in [6.07, 6.45) is 7.73. The number of aliphatic hydroxyl groups is 1. The Morgan fingerprint density at radius 2 is 1.56 bits per heavy atom. The van der Waals surface area contributed by atoms with Gasteiger partial charge in [0.2, 0.25) is 0 Å². The topological polar surface area (TPSA) is 23.5 Å². The van der Waals surface area contributed by atoms with E-state index in [1.807, 2.05) is 6.92 Å². The second-order valence-corrected chi connectivity index (χ2v) is 5.76. The average molecular weight is 227 g/mol. The second-order valence-electron chi connectivity index (χ2n) is 5.76. The molecule has 0 aromatic rings. The first kappa shape index (κ1) is 14.0. The average Bonchev–Trinajstić information content (AvgIpc) is 2.15. The van der Waals surface area contributed by atoms with E-state index in [1.54, 1.807) is 0 Å². The van der Waals surface area contributed by atoms with Crippen molar-refractivity contribution in [3.8, 4) is 0 Å². The molecule has 3 atom stereocenters. The molecule has 0 bridgehead atoms. The van der Waals surface area contributed by atoms with Crippen molar-refractivity contribution in [2.45, 2.75) is 71.6 Å². The SMILES string of the molecule is CC(C)C1CCCCCCC1N(C)C(C)O. The van der Waals surface area contributed by atoms with Crippen LogP contribution < -0.4 is 0 Å². The molecule has 0 aliphatic heterocycles. The highest BCUT2D eigenvalue weighted by atomic mass is 16.3. The Kier molecular flexibility index (Phi) is 5.77. The van der Waals surface area contributed by atoms with Gasteiger partial charge in [-0.15, -0.1) is 0 Å².